The van der Waals surface area contributed by atoms with Crippen LogP contribution in [-0.2, 0) is 11.2 Å². The van der Waals surface area contributed by atoms with Gasteiger partial charge in [-0.05, 0) is 19.1 Å². The number of aryl methyl sites for hydroxylation is 1. The molecule has 0 bridgehead atoms. The summed E-state index contributed by atoms with van der Waals surface area (Å²) in [7, 11) is 0. The maximum absolute atomic E-state index is 12.2. The lowest BCUT2D eigenvalue weighted by Crippen LogP contribution is -2.35. The molecule has 0 fully saturated rings. The molecule has 0 unspecified atom stereocenters. The summed E-state index contributed by atoms with van der Waals surface area (Å²) in [6.45, 7) is 2.42. The van der Waals surface area contributed by atoms with Crippen molar-refractivity contribution in [3.05, 3.63) is 53.1 Å². The van der Waals surface area contributed by atoms with E-state index in [1.54, 1.807) is 30.5 Å². The Kier molecular flexibility index (Phi) is 4.41. The number of imide groups is 1. The van der Waals surface area contributed by atoms with E-state index in [0.29, 0.717) is 24.1 Å². The summed E-state index contributed by atoms with van der Waals surface area (Å²) in [5.41, 5.74) is 1.75. The number of carbonyl (C=O) groups is 3. The zero-order valence-electron chi connectivity index (χ0n) is 13.3. The van der Waals surface area contributed by atoms with Crippen molar-refractivity contribution in [3.63, 3.8) is 0 Å². The van der Waals surface area contributed by atoms with Gasteiger partial charge in [0, 0.05) is 37.8 Å². The summed E-state index contributed by atoms with van der Waals surface area (Å²) >= 11 is 0. The molecular formula is C17H18N4O3. The van der Waals surface area contributed by atoms with Gasteiger partial charge >= 0.3 is 0 Å². The fraction of sp³-hybridized carbons (Fsp3) is 0.294. The predicted molar refractivity (Wildman–Crippen MR) is 86.5 cm³/mol. The lowest BCUT2D eigenvalue weighted by Gasteiger charge is -2.13. The molecule has 1 aromatic carbocycles. The minimum atomic E-state index is -0.337. The van der Waals surface area contributed by atoms with E-state index < -0.39 is 0 Å². The quantitative estimate of drug-likeness (QED) is 0.776. The first-order chi connectivity index (χ1) is 11.6. The molecule has 0 spiro atoms. The van der Waals surface area contributed by atoms with E-state index in [2.05, 4.69) is 15.3 Å². The molecule has 0 atom stereocenters. The van der Waals surface area contributed by atoms with Crippen LogP contribution in [0.1, 0.15) is 38.7 Å². The van der Waals surface area contributed by atoms with Crippen molar-refractivity contribution in [1.82, 2.24) is 20.2 Å². The molecule has 3 amide bonds. The molecule has 2 aromatic rings. The molecule has 7 heteroatoms. The summed E-state index contributed by atoms with van der Waals surface area (Å²) < 4.78 is 0. The van der Waals surface area contributed by atoms with Crippen LogP contribution in [0.4, 0.5) is 0 Å². The van der Waals surface area contributed by atoms with Crippen LogP contribution in [-0.4, -0.2) is 45.7 Å². The molecule has 7 nitrogen and oxygen atoms in total. The number of carbonyl (C=O) groups excluding carboxylic acids is 3. The van der Waals surface area contributed by atoms with Crippen molar-refractivity contribution in [3.8, 4) is 0 Å². The van der Waals surface area contributed by atoms with Gasteiger partial charge in [0.2, 0.25) is 5.91 Å². The third kappa shape index (κ3) is 3.19. The van der Waals surface area contributed by atoms with Gasteiger partial charge in [-0.3, -0.25) is 19.3 Å². The zero-order chi connectivity index (χ0) is 17.1. The Bertz CT molecular complexity index is 762. The monoisotopic (exact) mass is 326 g/mol. The molecule has 124 valence electrons. The van der Waals surface area contributed by atoms with E-state index in [1.807, 2.05) is 6.92 Å². The minimum Gasteiger partial charge on any atom is -0.356 e. The van der Waals surface area contributed by atoms with E-state index in [-0.39, 0.29) is 30.7 Å². The number of imidazole rings is 1. The number of fused-ring (bicyclic) bond motifs is 1. The van der Waals surface area contributed by atoms with Crippen LogP contribution in [0.3, 0.4) is 0 Å². The fourth-order valence-corrected chi connectivity index (χ4v) is 2.68. The average Bonchev–Trinajstić information content (AvgIpc) is 3.09. The Morgan fingerprint density at radius 3 is 2.46 bits per heavy atom. The molecule has 24 heavy (non-hydrogen) atoms. The summed E-state index contributed by atoms with van der Waals surface area (Å²) in [6, 6.07) is 6.69. The minimum absolute atomic E-state index is 0.0847. The molecule has 1 aliphatic heterocycles. The number of benzene rings is 1. The average molecular weight is 326 g/mol. The normalized spacial score (nSPS) is 13.3. The van der Waals surface area contributed by atoms with Crippen molar-refractivity contribution in [1.29, 1.82) is 0 Å². The van der Waals surface area contributed by atoms with Crippen molar-refractivity contribution in [2.75, 3.05) is 13.1 Å². The SMILES string of the molecule is Cc1ncc(CCNC(=O)CCN2C(=O)c3ccccc3C2=O)[nH]1. The molecule has 3 rings (SSSR count). The smallest absolute Gasteiger partial charge is 0.261 e. The van der Waals surface area contributed by atoms with Crippen molar-refractivity contribution in [2.45, 2.75) is 19.8 Å². The van der Waals surface area contributed by atoms with Gasteiger partial charge in [-0.1, -0.05) is 12.1 Å². The van der Waals surface area contributed by atoms with Crippen molar-refractivity contribution < 1.29 is 14.4 Å². The lowest BCUT2D eigenvalue weighted by atomic mass is 10.1. The Balaban J connectivity index is 1.47. The number of hydrogen-bond acceptors (Lipinski definition) is 4. The van der Waals surface area contributed by atoms with Crippen molar-refractivity contribution in [2.24, 2.45) is 0 Å². The van der Waals surface area contributed by atoms with Gasteiger partial charge in [-0.15, -0.1) is 0 Å². The van der Waals surface area contributed by atoms with Gasteiger partial charge in [0.25, 0.3) is 11.8 Å². The number of amides is 3. The molecule has 1 aromatic heterocycles. The first kappa shape index (κ1) is 15.9. The summed E-state index contributed by atoms with van der Waals surface area (Å²) in [4.78, 5) is 44.6. The molecule has 0 radical (unpaired) electrons. The third-order valence-corrected chi connectivity index (χ3v) is 3.91. The largest absolute Gasteiger partial charge is 0.356 e. The number of nitrogens with zero attached hydrogens (tertiary/aromatic N) is 2. The highest BCUT2D eigenvalue weighted by Gasteiger charge is 2.34. The second-order valence-electron chi connectivity index (χ2n) is 5.65. The highest BCUT2D eigenvalue weighted by molar-refractivity contribution is 6.21. The molecular weight excluding hydrogens is 308 g/mol. The van der Waals surface area contributed by atoms with Gasteiger partial charge in [0.05, 0.1) is 11.1 Å². The van der Waals surface area contributed by atoms with Crippen LogP contribution in [0.25, 0.3) is 0 Å². The van der Waals surface area contributed by atoms with E-state index in [1.165, 1.54) is 0 Å². The van der Waals surface area contributed by atoms with Crippen LogP contribution >= 0.6 is 0 Å². The summed E-state index contributed by atoms with van der Waals surface area (Å²) in [5, 5.41) is 2.78. The Morgan fingerprint density at radius 1 is 1.21 bits per heavy atom. The number of rotatable bonds is 6. The Morgan fingerprint density at radius 2 is 1.88 bits per heavy atom. The molecule has 2 heterocycles. The first-order valence-electron chi connectivity index (χ1n) is 7.78. The number of H-pyrrole nitrogens is 1. The van der Waals surface area contributed by atoms with Crippen LogP contribution < -0.4 is 5.32 Å². The van der Waals surface area contributed by atoms with Gasteiger partial charge in [0.15, 0.2) is 0 Å². The second kappa shape index (κ2) is 6.66. The number of aromatic nitrogens is 2. The van der Waals surface area contributed by atoms with E-state index in [9.17, 15) is 14.4 Å². The predicted octanol–water partition coefficient (Wildman–Crippen LogP) is 1.06. The zero-order valence-corrected chi connectivity index (χ0v) is 13.3. The van der Waals surface area contributed by atoms with Gasteiger partial charge in [0.1, 0.15) is 5.82 Å². The topological polar surface area (TPSA) is 95.2 Å². The second-order valence-corrected chi connectivity index (χ2v) is 5.65. The van der Waals surface area contributed by atoms with Gasteiger partial charge in [-0.2, -0.15) is 0 Å². The number of aromatic amines is 1. The maximum atomic E-state index is 12.2. The highest BCUT2D eigenvalue weighted by atomic mass is 16.2. The molecule has 0 saturated carbocycles. The van der Waals surface area contributed by atoms with Crippen molar-refractivity contribution >= 4 is 17.7 Å². The Labute approximate surface area is 139 Å². The van der Waals surface area contributed by atoms with Crippen LogP contribution in [0.2, 0.25) is 0 Å². The third-order valence-electron chi connectivity index (χ3n) is 3.91. The fourth-order valence-electron chi connectivity index (χ4n) is 2.68. The molecule has 0 aliphatic carbocycles. The lowest BCUT2D eigenvalue weighted by molar-refractivity contribution is -0.121. The van der Waals surface area contributed by atoms with E-state index in [4.69, 9.17) is 0 Å². The Hall–Kier alpha value is -2.96. The summed E-state index contributed by atoms with van der Waals surface area (Å²) in [5.74, 6) is -0.0302. The first-order valence-corrected chi connectivity index (χ1v) is 7.78. The molecule has 2 N–H and O–H groups in total. The molecule has 1 aliphatic rings. The van der Waals surface area contributed by atoms with Crippen LogP contribution in [0.5, 0.6) is 0 Å². The molecule has 0 saturated heterocycles. The van der Waals surface area contributed by atoms with E-state index >= 15 is 0 Å². The van der Waals surface area contributed by atoms with Crippen LogP contribution in [0.15, 0.2) is 30.5 Å². The number of hydrogen-bond donors (Lipinski definition) is 2. The number of nitrogens with one attached hydrogen (secondary N) is 2. The standard InChI is InChI=1S/C17H18N4O3/c1-11-19-10-12(20-11)6-8-18-15(22)7-9-21-16(23)13-4-2-3-5-14(13)17(21)24/h2-5,10H,6-9H2,1H3,(H,18,22)(H,19,20). The highest BCUT2D eigenvalue weighted by Crippen LogP contribution is 2.22. The van der Waals surface area contributed by atoms with Gasteiger partial charge in [-0.25, -0.2) is 4.98 Å². The van der Waals surface area contributed by atoms with Crippen LogP contribution in [0, 0.1) is 6.92 Å². The maximum Gasteiger partial charge on any atom is 0.261 e. The van der Waals surface area contributed by atoms with E-state index in [0.717, 1.165) is 16.4 Å². The van der Waals surface area contributed by atoms with Gasteiger partial charge < -0.3 is 10.3 Å². The summed E-state index contributed by atoms with van der Waals surface area (Å²) in [6.07, 6.45) is 2.48.